The Labute approximate surface area is 155 Å². The minimum Gasteiger partial charge on any atom is -0.353 e. The lowest BCUT2D eigenvalue weighted by Crippen LogP contribution is -2.32. The van der Waals surface area contributed by atoms with E-state index in [0.29, 0.717) is 34.6 Å². The minimum atomic E-state index is -0.225. The maximum absolute atomic E-state index is 12.1. The van der Waals surface area contributed by atoms with Crippen molar-refractivity contribution in [3.05, 3.63) is 45.9 Å². The van der Waals surface area contributed by atoms with E-state index in [1.165, 1.54) is 24.2 Å². The smallest absolute Gasteiger partial charge is 0.257 e. The summed E-state index contributed by atoms with van der Waals surface area (Å²) in [5, 5.41) is 8.84. The molecule has 0 unspecified atom stereocenters. The molecule has 0 radical (unpaired) electrons. The van der Waals surface area contributed by atoms with Crippen molar-refractivity contribution >= 4 is 39.9 Å². The Hall–Kier alpha value is -1.92. The topological polar surface area (TPSA) is 71.1 Å². The van der Waals surface area contributed by atoms with Crippen molar-refractivity contribution in [1.82, 2.24) is 10.3 Å². The lowest BCUT2D eigenvalue weighted by atomic mass is 10.2. The number of benzene rings is 1. The first-order chi connectivity index (χ1) is 12.1. The molecule has 0 aliphatic heterocycles. The molecular weight excluding hydrogens is 358 g/mol. The lowest BCUT2D eigenvalue weighted by molar-refractivity contribution is -0.121. The fourth-order valence-corrected chi connectivity index (χ4v) is 3.73. The molecule has 1 fully saturated rings. The van der Waals surface area contributed by atoms with Crippen molar-refractivity contribution in [3.63, 3.8) is 0 Å². The molecule has 1 aromatic carbocycles. The van der Waals surface area contributed by atoms with Crippen LogP contribution in [0, 0.1) is 0 Å². The molecule has 0 spiro atoms. The summed E-state index contributed by atoms with van der Waals surface area (Å²) < 4.78 is 0. The third-order valence-corrected chi connectivity index (χ3v) is 5.27. The van der Waals surface area contributed by atoms with Gasteiger partial charge in [-0.15, -0.1) is 11.3 Å². The van der Waals surface area contributed by atoms with Crippen molar-refractivity contribution in [2.24, 2.45) is 0 Å². The third-order valence-electron chi connectivity index (χ3n) is 4.21. The molecule has 25 heavy (non-hydrogen) atoms. The van der Waals surface area contributed by atoms with Gasteiger partial charge in [0.1, 0.15) is 0 Å². The number of hydrogen-bond acceptors (Lipinski definition) is 4. The normalized spacial score (nSPS) is 14.4. The second kappa shape index (κ2) is 8.45. The molecule has 0 saturated heterocycles. The molecule has 7 heteroatoms. The van der Waals surface area contributed by atoms with E-state index in [9.17, 15) is 9.59 Å². The molecule has 2 aromatic rings. The summed E-state index contributed by atoms with van der Waals surface area (Å²) in [5.41, 5.74) is 1.34. The number of carbonyl (C=O) groups is 2. The molecule has 1 aromatic heterocycles. The van der Waals surface area contributed by atoms with Gasteiger partial charge in [0.2, 0.25) is 5.91 Å². The predicted octanol–water partition coefficient (Wildman–Crippen LogP) is 4.04. The number of thiazole rings is 1. The van der Waals surface area contributed by atoms with Crippen LogP contribution in [0.25, 0.3) is 0 Å². The quantitative estimate of drug-likeness (QED) is 0.798. The molecule has 5 nitrogen and oxygen atoms in total. The molecule has 132 valence electrons. The van der Waals surface area contributed by atoms with E-state index < -0.39 is 0 Å². The number of nitrogens with one attached hydrogen (secondary N) is 2. The Bertz CT molecular complexity index is 739. The highest BCUT2D eigenvalue weighted by molar-refractivity contribution is 7.14. The Morgan fingerprint density at radius 1 is 1.20 bits per heavy atom. The standard InChI is InChI=1S/C18H20ClN3O2S/c19-13-7-5-12(6-8-13)17(24)22-18-21-15(11-25-18)9-10-16(23)20-14-3-1-2-4-14/h5-8,11,14H,1-4,9-10H2,(H,20,23)(H,21,22,24). The number of carbonyl (C=O) groups excluding carboxylic acids is 2. The summed E-state index contributed by atoms with van der Waals surface area (Å²) in [6, 6.07) is 7.02. The van der Waals surface area contributed by atoms with Crippen LogP contribution in [0.5, 0.6) is 0 Å². The maximum atomic E-state index is 12.1. The molecule has 1 saturated carbocycles. The zero-order valence-electron chi connectivity index (χ0n) is 13.8. The Morgan fingerprint density at radius 2 is 1.92 bits per heavy atom. The van der Waals surface area contributed by atoms with E-state index in [4.69, 9.17) is 11.6 Å². The highest BCUT2D eigenvalue weighted by atomic mass is 35.5. The highest BCUT2D eigenvalue weighted by Gasteiger charge is 2.17. The number of aromatic nitrogens is 1. The summed E-state index contributed by atoms with van der Waals surface area (Å²) in [5.74, 6) is -0.150. The first-order valence-electron chi connectivity index (χ1n) is 8.41. The monoisotopic (exact) mass is 377 g/mol. The zero-order chi connectivity index (χ0) is 17.6. The van der Waals surface area contributed by atoms with Gasteiger partial charge in [-0.1, -0.05) is 24.4 Å². The van der Waals surface area contributed by atoms with Gasteiger partial charge in [-0.05, 0) is 43.5 Å². The largest absolute Gasteiger partial charge is 0.353 e. The number of halogens is 1. The van der Waals surface area contributed by atoms with Gasteiger partial charge in [-0.2, -0.15) is 0 Å². The predicted molar refractivity (Wildman–Crippen MR) is 100 cm³/mol. The molecule has 1 aliphatic carbocycles. The Kier molecular flexibility index (Phi) is 6.04. The van der Waals surface area contributed by atoms with E-state index in [2.05, 4.69) is 15.6 Å². The van der Waals surface area contributed by atoms with Crippen LogP contribution in [0.1, 0.15) is 48.2 Å². The summed E-state index contributed by atoms with van der Waals surface area (Å²) >= 11 is 7.18. The van der Waals surface area contributed by atoms with Crippen LogP contribution in [-0.2, 0) is 11.2 Å². The summed E-state index contributed by atoms with van der Waals surface area (Å²) in [6.45, 7) is 0. The average Bonchev–Trinajstić information content (AvgIpc) is 3.25. The minimum absolute atomic E-state index is 0.0756. The van der Waals surface area contributed by atoms with Crippen molar-refractivity contribution in [1.29, 1.82) is 0 Å². The van der Waals surface area contributed by atoms with Crippen LogP contribution >= 0.6 is 22.9 Å². The number of aryl methyl sites for hydroxylation is 1. The van der Waals surface area contributed by atoms with Crippen LogP contribution in [0.4, 0.5) is 5.13 Å². The third kappa shape index (κ3) is 5.28. The van der Waals surface area contributed by atoms with Gasteiger partial charge < -0.3 is 5.32 Å². The molecule has 0 atom stereocenters. The number of nitrogens with zero attached hydrogens (tertiary/aromatic N) is 1. The molecule has 2 amide bonds. The number of amides is 2. The van der Waals surface area contributed by atoms with Gasteiger partial charge in [-0.25, -0.2) is 4.98 Å². The second-order valence-electron chi connectivity index (χ2n) is 6.15. The van der Waals surface area contributed by atoms with Crippen LogP contribution in [0.15, 0.2) is 29.6 Å². The number of rotatable bonds is 6. The lowest BCUT2D eigenvalue weighted by Gasteiger charge is -2.11. The van der Waals surface area contributed by atoms with Crippen LogP contribution in [0.3, 0.4) is 0 Å². The zero-order valence-corrected chi connectivity index (χ0v) is 15.3. The van der Waals surface area contributed by atoms with Gasteiger partial charge in [0.15, 0.2) is 5.13 Å². The van der Waals surface area contributed by atoms with Gasteiger partial charge in [0.25, 0.3) is 5.91 Å². The van der Waals surface area contributed by atoms with E-state index in [-0.39, 0.29) is 11.8 Å². The Morgan fingerprint density at radius 3 is 2.64 bits per heavy atom. The van der Waals surface area contributed by atoms with Crippen LogP contribution in [-0.4, -0.2) is 22.8 Å². The second-order valence-corrected chi connectivity index (χ2v) is 7.45. The van der Waals surface area contributed by atoms with E-state index in [0.717, 1.165) is 18.5 Å². The summed E-state index contributed by atoms with van der Waals surface area (Å²) in [4.78, 5) is 28.5. The molecular formula is C18H20ClN3O2S. The first kappa shape index (κ1) is 17.9. The van der Waals surface area contributed by atoms with E-state index in [1.54, 1.807) is 24.3 Å². The van der Waals surface area contributed by atoms with Gasteiger partial charge in [0, 0.05) is 28.4 Å². The molecule has 1 heterocycles. The Balaban J connectivity index is 1.47. The SMILES string of the molecule is O=C(CCc1csc(NC(=O)c2ccc(Cl)cc2)n1)NC1CCCC1. The van der Waals surface area contributed by atoms with Crippen LogP contribution in [0.2, 0.25) is 5.02 Å². The molecule has 2 N–H and O–H groups in total. The molecule has 0 bridgehead atoms. The number of hydrogen-bond donors (Lipinski definition) is 2. The van der Waals surface area contributed by atoms with Crippen molar-refractivity contribution in [2.75, 3.05) is 5.32 Å². The maximum Gasteiger partial charge on any atom is 0.257 e. The summed E-state index contributed by atoms with van der Waals surface area (Å²) in [7, 11) is 0. The molecule has 1 aliphatic rings. The van der Waals surface area contributed by atoms with Gasteiger partial charge >= 0.3 is 0 Å². The van der Waals surface area contributed by atoms with Crippen LogP contribution < -0.4 is 10.6 Å². The van der Waals surface area contributed by atoms with Crippen molar-refractivity contribution < 1.29 is 9.59 Å². The molecule has 3 rings (SSSR count). The number of anilines is 1. The van der Waals surface area contributed by atoms with Gasteiger partial charge in [-0.3, -0.25) is 14.9 Å². The summed E-state index contributed by atoms with van der Waals surface area (Å²) in [6.07, 6.45) is 5.57. The van der Waals surface area contributed by atoms with Crippen molar-refractivity contribution in [3.8, 4) is 0 Å². The van der Waals surface area contributed by atoms with E-state index >= 15 is 0 Å². The highest BCUT2D eigenvalue weighted by Crippen LogP contribution is 2.20. The fourth-order valence-electron chi connectivity index (χ4n) is 2.86. The van der Waals surface area contributed by atoms with Gasteiger partial charge in [0.05, 0.1) is 5.69 Å². The first-order valence-corrected chi connectivity index (χ1v) is 9.66. The fraction of sp³-hybridized carbons (Fsp3) is 0.389. The van der Waals surface area contributed by atoms with Crippen molar-refractivity contribution in [2.45, 2.75) is 44.6 Å². The van der Waals surface area contributed by atoms with E-state index in [1.807, 2.05) is 5.38 Å². The average molecular weight is 378 g/mol.